The fourth-order valence-corrected chi connectivity index (χ4v) is 3.75. The fraction of sp³-hybridized carbons (Fsp3) is 0.364. The number of nitrogens with zero attached hydrogens (tertiary/aromatic N) is 2. The zero-order chi connectivity index (χ0) is 20.6. The van der Waals surface area contributed by atoms with E-state index < -0.39 is 0 Å². The van der Waals surface area contributed by atoms with Crippen molar-refractivity contribution in [1.29, 1.82) is 0 Å². The summed E-state index contributed by atoms with van der Waals surface area (Å²) >= 11 is 3.39. The summed E-state index contributed by atoms with van der Waals surface area (Å²) in [5.41, 5.74) is 3.30. The third kappa shape index (κ3) is 6.96. The van der Waals surface area contributed by atoms with E-state index in [1.807, 2.05) is 18.2 Å². The average molecular weight is 459 g/mol. The van der Waals surface area contributed by atoms with Crippen LogP contribution in [0.3, 0.4) is 0 Å². The normalized spacial score (nSPS) is 15.1. The van der Waals surface area contributed by atoms with Crippen molar-refractivity contribution < 1.29 is 9.59 Å². The predicted octanol–water partition coefficient (Wildman–Crippen LogP) is 2.63. The zero-order valence-corrected chi connectivity index (χ0v) is 18.2. The second-order valence-electron chi connectivity index (χ2n) is 7.35. The van der Waals surface area contributed by atoms with E-state index in [-0.39, 0.29) is 18.4 Å². The molecule has 0 bridgehead atoms. The number of aryl methyl sites for hydroxylation is 1. The standard InChI is InChI=1S/C22H27BrN4O2/c1-17-5-4-6-18(13-17)15-26-9-11-27(12-10-26)16-22(29)24-14-21(28)25-20-8-3-2-7-19(20)23/h2-8,13H,9-12,14-16H2,1H3,(H,24,29)(H,25,28). The molecule has 3 rings (SSSR count). The largest absolute Gasteiger partial charge is 0.346 e. The van der Waals surface area contributed by atoms with Crippen molar-refractivity contribution in [2.45, 2.75) is 13.5 Å². The van der Waals surface area contributed by atoms with Crippen molar-refractivity contribution in [2.24, 2.45) is 0 Å². The van der Waals surface area contributed by atoms with E-state index >= 15 is 0 Å². The minimum absolute atomic E-state index is 0.0342. The first-order valence-electron chi connectivity index (χ1n) is 9.81. The Morgan fingerprint density at radius 1 is 0.966 bits per heavy atom. The highest BCUT2D eigenvalue weighted by Crippen LogP contribution is 2.20. The molecule has 1 aliphatic rings. The van der Waals surface area contributed by atoms with E-state index in [0.29, 0.717) is 12.2 Å². The minimum atomic E-state index is -0.242. The topological polar surface area (TPSA) is 64.7 Å². The summed E-state index contributed by atoms with van der Waals surface area (Å²) in [4.78, 5) is 28.8. The maximum atomic E-state index is 12.2. The van der Waals surface area contributed by atoms with Crippen molar-refractivity contribution >= 4 is 33.4 Å². The highest BCUT2D eigenvalue weighted by Gasteiger charge is 2.19. The van der Waals surface area contributed by atoms with Crippen LogP contribution in [-0.4, -0.2) is 60.9 Å². The maximum Gasteiger partial charge on any atom is 0.243 e. The SMILES string of the molecule is Cc1cccc(CN2CCN(CC(=O)NCC(=O)Nc3ccccc3Br)CC2)c1. The Morgan fingerprint density at radius 3 is 2.41 bits per heavy atom. The molecule has 0 saturated carbocycles. The Balaban J connectivity index is 1.35. The van der Waals surface area contributed by atoms with Crippen molar-refractivity contribution in [1.82, 2.24) is 15.1 Å². The van der Waals surface area contributed by atoms with Crippen molar-refractivity contribution in [3.63, 3.8) is 0 Å². The van der Waals surface area contributed by atoms with Gasteiger partial charge in [0.25, 0.3) is 0 Å². The number of rotatable bonds is 7. The predicted molar refractivity (Wildman–Crippen MR) is 119 cm³/mol. The van der Waals surface area contributed by atoms with Gasteiger partial charge in [0, 0.05) is 37.2 Å². The van der Waals surface area contributed by atoms with Crippen LogP contribution in [0, 0.1) is 6.92 Å². The molecule has 6 nitrogen and oxygen atoms in total. The number of carbonyl (C=O) groups excluding carboxylic acids is 2. The summed E-state index contributed by atoms with van der Waals surface area (Å²) in [6.45, 7) is 6.91. The molecule has 2 aromatic rings. The van der Waals surface area contributed by atoms with Gasteiger partial charge in [-0.1, -0.05) is 42.0 Å². The quantitative estimate of drug-likeness (QED) is 0.669. The highest BCUT2D eigenvalue weighted by atomic mass is 79.9. The lowest BCUT2D eigenvalue weighted by Crippen LogP contribution is -2.49. The van der Waals surface area contributed by atoms with Gasteiger partial charge in [-0.25, -0.2) is 0 Å². The van der Waals surface area contributed by atoms with Gasteiger partial charge in [-0.2, -0.15) is 0 Å². The third-order valence-electron chi connectivity index (χ3n) is 4.91. The molecule has 0 aromatic heterocycles. The summed E-state index contributed by atoms with van der Waals surface area (Å²) in [5, 5.41) is 5.49. The van der Waals surface area contributed by atoms with Gasteiger partial charge in [0.05, 0.1) is 18.8 Å². The summed E-state index contributed by atoms with van der Waals surface area (Å²) < 4.78 is 0.809. The molecule has 0 atom stereocenters. The van der Waals surface area contributed by atoms with Crippen molar-refractivity contribution in [2.75, 3.05) is 44.6 Å². The van der Waals surface area contributed by atoms with Crippen LogP contribution in [0.25, 0.3) is 0 Å². The van der Waals surface area contributed by atoms with Crippen LogP contribution in [0.15, 0.2) is 53.0 Å². The molecule has 0 spiro atoms. The van der Waals surface area contributed by atoms with Crippen LogP contribution in [0.5, 0.6) is 0 Å². The molecule has 1 fully saturated rings. The van der Waals surface area contributed by atoms with Gasteiger partial charge in [0.2, 0.25) is 11.8 Å². The molecule has 29 heavy (non-hydrogen) atoms. The van der Waals surface area contributed by atoms with Crippen molar-refractivity contribution in [3.8, 4) is 0 Å². The first kappa shape index (κ1) is 21.5. The monoisotopic (exact) mass is 458 g/mol. The Hall–Kier alpha value is -2.22. The van der Waals surface area contributed by atoms with Gasteiger partial charge >= 0.3 is 0 Å². The zero-order valence-electron chi connectivity index (χ0n) is 16.7. The van der Waals surface area contributed by atoms with Gasteiger partial charge < -0.3 is 10.6 Å². The molecule has 2 amide bonds. The van der Waals surface area contributed by atoms with E-state index in [9.17, 15) is 9.59 Å². The molecule has 0 aliphatic carbocycles. The molecule has 2 aromatic carbocycles. The van der Waals surface area contributed by atoms with Gasteiger partial charge in [-0.15, -0.1) is 0 Å². The van der Waals surface area contributed by atoms with Gasteiger partial charge in [0.1, 0.15) is 0 Å². The average Bonchev–Trinajstić information content (AvgIpc) is 2.70. The van der Waals surface area contributed by atoms with E-state index in [2.05, 4.69) is 67.6 Å². The van der Waals surface area contributed by atoms with Crippen LogP contribution in [0.1, 0.15) is 11.1 Å². The second-order valence-corrected chi connectivity index (χ2v) is 8.20. The lowest BCUT2D eigenvalue weighted by molar-refractivity contribution is -0.125. The van der Waals surface area contributed by atoms with Gasteiger partial charge in [-0.3, -0.25) is 19.4 Å². The molecule has 2 N–H and O–H groups in total. The number of para-hydroxylation sites is 1. The summed E-state index contributed by atoms with van der Waals surface area (Å²) in [5.74, 6) is -0.368. The summed E-state index contributed by atoms with van der Waals surface area (Å²) in [6.07, 6.45) is 0. The third-order valence-corrected chi connectivity index (χ3v) is 5.61. The Bertz CT molecular complexity index is 850. The number of piperazine rings is 1. The van der Waals surface area contributed by atoms with Gasteiger partial charge in [-0.05, 0) is 40.5 Å². The Morgan fingerprint density at radius 2 is 1.69 bits per heavy atom. The summed E-state index contributed by atoms with van der Waals surface area (Å²) in [7, 11) is 0. The number of hydrogen-bond donors (Lipinski definition) is 2. The first-order chi connectivity index (χ1) is 14.0. The first-order valence-corrected chi connectivity index (χ1v) is 10.6. The number of halogens is 1. The smallest absolute Gasteiger partial charge is 0.243 e. The van der Waals surface area contributed by atoms with E-state index in [0.717, 1.165) is 37.2 Å². The number of nitrogens with one attached hydrogen (secondary N) is 2. The summed E-state index contributed by atoms with van der Waals surface area (Å²) in [6, 6.07) is 16.0. The molecule has 154 valence electrons. The molecule has 1 heterocycles. The molecular weight excluding hydrogens is 432 g/mol. The second kappa shape index (κ2) is 10.5. The number of anilines is 1. The molecule has 7 heteroatoms. The molecule has 1 saturated heterocycles. The van der Waals surface area contributed by atoms with Gasteiger partial charge in [0.15, 0.2) is 0 Å². The molecule has 1 aliphatic heterocycles. The van der Waals surface area contributed by atoms with Crippen molar-refractivity contribution in [3.05, 3.63) is 64.1 Å². The van der Waals surface area contributed by atoms with E-state index in [1.165, 1.54) is 11.1 Å². The van der Waals surface area contributed by atoms with Crippen LogP contribution < -0.4 is 10.6 Å². The number of benzene rings is 2. The van der Waals surface area contributed by atoms with Crippen LogP contribution >= 0.6 is 15.9 Å². The van der Waals surface area contributed by atoms with E-state index in [4.69, 9.17) is 0 Å². The Kier molecular flexibility index (Phi) is 7.80. The van der Waals surface area contributed by atoms with E-state index in [1.54, 1.807) is 6.07 Å². The number of hydrogen-bond acceptors (Lipinski definition) is 4. The lowest BCUT2D eigenvalue weighted by Gasteiger charge is -2.34. The Labute approximate surface area is 180 Å². The molecule has 0 unspecified atom stereocenters. The number of amides is 2. The molecule has 0 radical (unpaired) electrons. The molecular formula is C22H27BrN4O2. The van der Waals surface area contributed by atoms with Crippen LogP contribution in [0.2, 0.25) is 0 Å². The lowest BCUT2D eigenvalue weighted by atomic mass is 10.1. The van der Waals surface area contributed by atoms with Crippen LogP contribution in [0.4, 0.5) is 5.69 Å². The highest BCUT2D eigenvalue weighted by molar-refractivity contribution is 9.10. The maximum absolute atomic E-state index is 12.2. The minimum Gasteiger partial charge on any atom is -0.346 e. The number of carbonyl (C=O) groups is 2. The fourth-order valence-electron chi connectivity index (χ4n) is 3.37. The van der Waals surface area contributed by atoms with Crippen LogP contribution in [-0.2, 0) is 16.1 Å².